The van der Waals surface area contributed by atoms with Crippen molar-refractivity contribution in [3.63, 3.8) is 0 Å². The average Bonchev–Trinajstić information content (AvgIpc) is 3.00. The number of esters is 1. The van der Waals surface area contributed by atoms with Gasteiger partial charge in [0.25, 0.3) is 0 Å². The van der Waals surface area contributed by atoms with Crippen molar-refractivity contribution in [2.45, 2.75) is 38.6 Å². The molecule has 0 spiro atoms. The monoisotopic (exact) mass is 288 g/mol. The number of ether oxygens (including phenoxy) is 1. The van der Waals surface area contributed by atoms with Gasteiger partial charge in [0.15, 0.2) is 15.2 Å². The van der Waals surface area contributed by atoms with Crippen molar-refractivity contribution >= 4 is 34.0 Å². The molecule has 6 heteroatoms. The summed E-state index contributed by atoms with van der Waals surface area (Å²) in [5.41, 5.74) is 0. The van der Waals surface area contributed by atoms with Crippen LogP contribution in [-0.4, -0.2) is 30.6 Å². The predicted octanol–water partition coefficient (Wildman–Crippen LogP) is 3.35. The van der Waals surface area contributed by atoms with Crippen molar-refractivity contribution in [2.75, 3.05) is 18.6 Å². The molecule has 1 heterocycles. The van der Waals surface area contributed by atoms with Crippen LogP contribution in [0.5, 0.6) is 0 Å². The second kappa shape index (κ2) is 5.89. The summed E-state index contributed by atoms with van der Waals surface area (Å²) in [4.78, 5) is 18.5. The summed E-state index contributed by atoms with van der Waals surface area (Å²) in [7, 11) is 1.35. The van der Waals surface area contributed by atoms with Gasteiger partial charge < -0.3 is 9.64 Å². The third kappa shape index (κ3) is 2.62. The molecule has 100 valence electrons. The van der Waals surface area contributed by atoms with Crippen LogP contribution in [0.3, 0.4) is 0 Å². The van der Waals surface area contributed by atoms with Gasteiger partial charge in [-0.3, -0.25) is 0 Å². The number of carbonyl (C=O) groups is 1. The lowest BCUT2D eigenvalue weighted by Gasteiger charge is -2.26. The standard InChI is InChI=1S/C12H17ClN2O2S/c1-3-15(8-6-4-5-7-8)12-14-10(13)9(18-12)11(16)17-2/h8H,3-7H2,1-2H3. The highest BCUT2D eigenvalue weighted by Crippen LogP contribution is 2.34. The molecule has 0 atom stereocenters. The molecule has 0 aromatic carbocycles. The molecule has 18 heavy (non-hydrogen) atoms. The van der Waals surface area contributed by atoms with E-state index in [4.69, 9.17) is 16.3 Å². The molecule has 0 radical (unpaired) electrons. The summed E-state index contributed by atoms with van der Waals surface area (Å²) < 4.78 is 4.70. The Morgan fingerprint density at radius 1 is 1.56 bits per heavy atom. The van der Waals surface area contributed by atoms with E-state index in [1.165, 1.54) is 44.1 Å². The van der Waals surface area contributed by atoms with Gasteiger partial charge >= 0.3 is 5.97 Å². The maximum atomic E-state index is 11.5. The first kappa shape index (κ1) is 13.6. The zero-order valence-electron chi connectivity index (χ0n) is 10.6. The fraction of sp³-hybridized carbons (Fsp3) is 0.667. The predicted molar refractivity (Wildman–Crippen MR) is 73.7 cm³/mol. The van der Waals surface area contributed by atoms with Crippen molar-refractivity contribution < 1.29 is 9.53 Å². The number of hydrogen-bond acceptors (Lipinski definition) is 5. The molecule has 0 amide bonds. The Balaban J connectivity index is 2.23. The van der Waals surface area contributed by atoms with Gasteiger partial charge in [0, 0.05) is 12.6 Å². The van der Waals surface area contributed by atoms with Crippen molar-refractivity contribution in [1.82, 2.24) is 4.98 Å². The van der Waals surface area contributed by atoms with Crippen molar-refractivity contribution in [1.29, 1.82) is 0 Å². The van der Waals surface area contributed by atoms with E-state index >= 15 is 0 Å². The van der Waals surface area contributed by atoms with Crippen LogP contribution in [-0.2, 0) is 4.74 Å². The molecule has 1 fully saturated rings. The summed E-state index contributed by atoms with van der Waals surface area (Å²) in [6.45, 7) is 2.99. The number of halogens is 1. The van der Waals surface area contributed by atoms with Crippen LogP contribution in [0.15, 0.2) is 0 Å². The Bertz CT molecular complexity index is 430. The normalized spacial score (nSPS) is 15.9. The Morgan fingerprint density at radius 3 is 2.78 bits per heavy atom. The number of nitrogens with zero attached hydrogens (tertiary/aromatic N) is 2. The third-order valence-electron chi connectivity index (χ3n) is 3.30. The Labute approximate surface area is 116 Å². The average molecular weight is 289 g/mol. The van der Waals surface area contributed by atoms with Crippen LogP contribution in [0.1, 0.15) is 42.3 Å². The van der Waals surface area contributed by atoms with Crippen molar-refractivity contribution in [2.24, 2.45) is 0 Å². The molecule has 0 unspecified atom stereocenters. The first-order chi connectivity index (χ1) is 8.67. The molecule has 0 bridgehead atoms. The molecular formula is C12H17ClN2O2S. The van der Waals surface area contributed by atoms with E-state index < -0.39 is 5.97 Å². The number of hydrogen-bond donors (Lipinski definition) is 0. The van der Waals surface area contributed by atoms with Crippen LogP contribution in [0.25, 0.3) is 0 Å². The molecular weight excluding hydrogens is 272 g/mol. The lowest BCUT2D eigenvalue weighted by molar-refractivity contribution is 0.0606. The third-order valence-corrected chi connectivity index (χ3v) is 4.76. The van der Waals surface area contributed by atoms with Gasteiger partial charge in [-0.1, -0.05) is 35.8 Å². The van der Waals surface area contributed by atoms with Crippen molar-refractivity contribution in [3.05, 3.63) is 10.0 Å². The Morgan fingerprint density at radius 2 is 2.22 bits per heavy atom. The molecule has 0 aliphatic heterocycles. The molecule has 1 aliphatic rings. The fourth-order valence-corrected chi connectivity index (χ4v) is 3.73. The Hall–Kier alpha value is -0.810. The number of carbonyl (C=O) groups excluding carboxylic acids is 1. The second-order valence-electron chi connectivity index (χ2n) is 4.33. The van der Waals surface area contributed by atoms with Crippen molar-refractivity contribution in [3.8, 4) is 0 Å². The zero-order chi connectivity index (χ0) is 13.1. The van der Waals surface area contributed by atoms with E-state index in [-0.39, 0.29) is 5.15 Å². The number of anilines is 1. The molecule has 0 saturated heterocycles. The van der Waals surface area contributed by atoms with Gasteiger partial charge in [-0.25, -0.2) is 9.78 Å². The molecule has 1 aromatic heterocycles. The fourth-order valence-electron chi connectivity index (χ4n) is 2.40. The van der Waals surface area contributed by atoms with Crippen LogP contribution in [0.2, 0.25) is 5.15 Å². The zero-order valence-corrected chi connectivity index (χ0v) is 12.2. The lowest BCUT2D eigenvalue weighted by Crippen LogP contribution is -2.32. The van der Waals surface area contributed by atoms with Crippen LogP contribution < -0.4 is 4.90 Å². The molecule has 1 aromatic rings. The van der Waals surface area contributed by atoms with Gasteiger partial charge in [-0.15, -0.1) is 0 Å². The molecule has 1 aliphatic carbocycles. The largest absolute Gasteiger partial charge is 0.465 e. The van der Waals surface area contributed by atoms with E-state index in [1.54, 1.807) is 0 Å². The molecule has 2 rings (SSSR count). The van der Waals surface area contributed by atoms with Gasteiger partial charge in [-0.05, 0) is 19.8 Å². The van der Waals surface area contributed by atoms with Crippen LogP contribution in [0, 0.1) is 0 Å². The minimum Gasteiger partial charge on any atom is -0.465 e. The highest BCUT2D eigenvalue weighted by atomic mass is 35.5. The van der Waals surface area contributed by atoms with Crippen LogP contribution >= 0.6 is 22.9 Å². The molecule has 4 nitrogen and oxygen atoms in total. The molecule has 1 saturated carbocycles. The maximum Gasteiger partial charge on any atom is 0.351 e. The minimum atomic E-state index is -0.411. The summed E-state index contributed by atoms with van der Waals surface area (Å²) in [6, 6.07) is 0.530. The highest BCUT2D eigenvalue weighted by molar-refractivity contribution is 7.18. The van der Waals surface area contributed by atoms with E-state index in [0.29, 0.717) is 10.9 Å². The Kier molecular flexibility index (Phi) is 4.45. The van der Waals surface area contributed by atoms with E-state index in [1.807, 2.05) is 0 Å². The lowest BCUT2D eigenvalue weighted by atomic mass is 10.2. The topological polar surface area (TPSA) is 42.4 Å². The first-order valence-corrected chi connectivity index (χ1v) is 7.38. The number of thiazole rings is 1. The quantitative estimate of drug-likeness (QED) is 0.797. The molecule has 0 N–H and O–H groups in total. The van der Waals surface area contributed by atoms with Gasteiger partial charge in [0.05, 0.1) is 7.11 Å². The number of methoxy groups -OCH3 is 1. The number of rotatable bonds is 4. The van der Waals surface area contributed by atoms with E-state index in [2.05, 4.69) is 16.8 Å². The van der Waals surface area contributed by atoms with Crippen LogP contribution in [0.4, 0.5) is 5.13 Å². The SMILES string of the molecule is CCN(c1nc(Cl)c(C(=O)OC)s1)C1CCCC1. The van der Waals surface area contributed by atoms with Gasteiger partial charge in [0.1, 0.15) is 0 Å². The van der Waals surface area contributed by atoms with Gasteiger partial charge in [0.2, 0.25) is 0 Å². The summed E-state index contributed by atoms with van der Waals surface area (Å²) >= 11 is 7.32. The van der Waals surface area contributed by atoms with Gasteiger partial charge in [-0.2, -0.15) is 0 Å². The van der Waals surface area contributed by atoms with E-state index in [0.717, 1.165) is 11.7 Å². The highest BCUT2D eigenvalue weighted by Gasteiger charge is 2.26. The van der Waals surface area contributed by atoms with E-state index in [9.17, 15) is 4.79 Å². The second-order valence-corrected chi connectivity index (χ2v) is 5.67. The number of aromatic nitrogens is 1. The maximum absolute atomic E-state index is 11.5. The minimum absolute atomic E-state index is 0.248. The smallest absolute Gasteiger partial charge is 0.351 e. The summed E-state index contributed by atoms with van der Waals surface area (Å²) in [5, 5.41) is 1.08. The summed E-state index contributed by atoms with van der Waals surface area (Å²) in [6.07, 6.45) is 4.92. The first-order valence-electron chi connectivity index (χ1n) is 6.18. The summed E-state index contributed by atoms with van der Waals surface area (Å²) in [5.74, 6) is -0.411.